The highest BCUT2D eigenvalue weighted by molar-refractivity contribution is 6.07. The van der Waals surface area contributed by atoms with E-state index in [0.29, 0.717) is 6.04 Å². The lowest BCUT2D eigenvalue weighted by Crippen LogP contribution is -2.64. The molecule has 3 atom stereocenters. The molecule has 118 valence electrons. The molecule has 1 N–H and O–H groups in total. The molecule has 1 unspecified atom stereocenters. The minimum Gasteiger partial charge on any atom is -0.480 e. The topological polar surface area (TPSA) is 52.9 Å². The van der Waals surface area contributed by atoms with Crippen LogP contribution in [0, 0.1) is 0 Å². The van der Waals surface area contributed by atoms with E-state index in [1.807, 2.05) is 24.3 Å². The molecule has 1 aromatic rings. The summed E-state index contributed by atoms with van der Waals surface area (Å²) >= 11 is 0. The van der Waals surface area contributed by atoms with Crippen molar-refractivity contribution < 1.29 is 9.90 Å². The lowest BCUT2D eigenvalue weighted by atomic mass is 9.62. The van der Waals surface area contributed by atoms with E-state index in [4.69, 9.17) is 0 Å². The standard InChI is InChI=1S/C17H20N2O2.ClH/c1-19-12-5-4-9-16(19,10-8-12)17(15(20)21)11-18-14-7-3-2-6-13(14)17;/h2-3,6-7,11-12H,4-5,8-10H2,1H3,(H,20,21);1H/t12-,16+,17?;/m1./s1. The van der Waals surface area contributed by atoms with Crippen LogP contribution in [0.1, 0.15) is 37.7 Å². The molecule has 1 aromatic carbocycles. The van der Waals surface area contributed by atoms with Crippen molar-refractivity contribution in [2.45, 2.75) is 49.1 Å². The van der Waals surface area contributed by atoms with Gasteiger partial charge in [-0.1, -0.05) is 18.2 Å². The van der Waals surface area contributed by atoms with Crippen LogP contribution < -0.4 is 0 Å². The van der Waals surface area contributed by atoms with E-state index in [1.165, 1.54) is 6.42 Å². The Morgan fingerprint density at radius 2 is 2.09 bits per heavy atom. The highest BCUT2D eigenvalue weighted by atomic mass is 35.5. The largest absolute Gasteiger partial charge is 0.480 e. The number of aliphatic carboxylic acids is 1. The molecule has 2 saturated heterocycles. The van der Waals surface area contributed by atoms with E-state index in [0.717, 1.165) is 36.9 Å². The monoisotopic (exact) mass is 320 g/mol. The Hall–Kier alpha value is -1.39. The molecule has 22 heavy (non-hydrogen) atoms. The first-order valence-electron chi connectivity index (χ1n) is 7.73. The Morgan fingerprint density at radius 1 is 1.32 bits per heavy atom. The van der Waals surface area contributed by atoms with Crippen molar-refractivity contribution in [2.75, 3.05) is 7.05 Å². The van der Waals surface area contributed by atoms with Gasteiger partial charge in [0.05, 0.1) is 5.69 Å². The van der Waals surface area contributed by atoms with Crippen LogP contribution in [0.25, 0.3) is 0 Å². The van der Waals surface area contributed by atoms with Gasteiger partial charge in [0.1, 0.15) is 5.41 Å². The molecule has 3 aliphatic rings. The van der Waals surface area contributed by atoms with Gasteiger partial charge in [0.15, 0.2) is 0 Å². The van der Waals surface area contributed by atoms with Crippen LogP contribution in [0.2, 0.25) is 0 Å². The lowest BCUT2D eigenvalue weighted by Gasteiger charge is -2.50. The molecule has 3 heterocycles. The summed E-state index contributed by atoms with van der Waals surface area (Å²) in [6.07, 6.45) is 6.99. The number of piperidine rings is 1. The number of halogens is 1. The zero-order valence-corrected chi connectivity index (χ0v) is 13.5. The van der Waals surface area contributed by atoms with Gasteiger partial charge in [-0.15, -0.1) is 12.4 Å². The Balaban J connectivity index is 0.00000144. The number of fused-ring (bicyclic) bond motifs is 3. The summed E-state index contributed by atoms with van der Waals surface area (Å²) in [5.41, 5.74) is 0.370. The molecule has 4 nitrogen and oxygen atoms in total. The van der Waals surface area contributed by atoms with Crippen molar-refractivity contribution in [2.24, 2.45) is 4.99 Å². The number of benzene rings is 1. The number of likely N-dealkylation sites (N-methyl/N-ethyl adjacent to an activating group) is 1. The molecule has 0 radical (unpaired) electrons. The van der Waals surface area contributed by atoms with E-state index >= 15 is 0 Å². The lowest BCUT2D eigenvalue weighted by molar-refractivity contribution is -0.147. The molecule has 4 rings (SSSR count). The fourth-order valence-electron chi connectivity index (χ4n) is 4.96. The van der Waals surface area contributed by atoms with Gasteiger partial charge in [-0.05, 0) is 45.2 Å². The maximum Gasteiger partial charge on any atom is 0.321 e. The minimum absolute atomic E-state index is 0. The van der Waals surface area contributed by atoms with Crippen molar-refractivity contribution >= 4 is 30.3 Å². The normalized spacial score (nSPS) is 36.0. The van der Waals surface area contributed by atoms with Crippen LogP contribution in [-0.4, -0.2) is 40.8 Å². The van der Waals surface area contributed by atoms with Crippen molar-refractivity contribution in [3.05, 3.63) is 29.8 Å². The number of hydrogen-bond donors (Lipinski definition) is 1. The average molecular weight is 321 g/mol. The average Bonchev–Trinajstić information content (AvgIpc) is 2.93. The van der Waals surface area contributed by atoms with Gasteiger partial charge in [0, 0.05) is 23.4 Å². The summed E-state index contributed by atoms with van der Waals surface area (Å²) in [4.78, 5) is 19.2. The maximum atomic E-state index is 12.4. The van der Waals surface area contributed by atoms with Crippen molar-refractivity contribution in [3.8, 4) is 0 Å². The first kappa shape index (κ1) is 15.5. The number of carboxylic acid groups (broad SMARTS) is 1. The Morgan fingerprint density at radius 3 is 2.86 bits per heavy atom. The number of nitrogens with zero attached hydrogens (tertiary/aromatic N) is 2. The fraction of sp³-hybridized carbons (Fsp3) is 0.529. The summed E-state index contributed by atoms with van der Waals surface area (Å²) in [6, 6.07) is 8.24. The van der Waals surface area contributed by atoms with E-state index in [2.05, 4.69) is 16.9 Å². The SMILES string of the molecule is CN1[C@@H]2CCC[C@@]1(C1(C(=O)O)C=Nc3ccccc31)CC2.Cl. The van der Waals surface area contributed by atoms with E-state index in [-0.39, 0.29) is 17.9 Å². The van der Waals surface area contributed by atoms with Crippen LogP contribution in [0.15, 0.2) is 29.3 Å². The maximum absolute atomic E-state index is 12.4. The van der Waals surface area contributed by atoms with Crippen LogP contribution >= 0.6 is 12.4 Å². The first-order chi connectivity index (χ1) is 10.1. The summed E-state index contributed by atoms with van der Waals surface area (Å²) in [7, 11) is 2.11. The highest BCUT2D eigenvalue weighted by Crippen LogP contribution is 2.56. The second kappa shape index (κ2) is 5.07. The molecular formula is C17H21ClN2O2. The Labute approximate surface area is 136 Å². The third-order valence-electron chi connectivity index (χ3n) is 6.04. The summed E-state index contributed by atoms with van der Waals surface area (Å²) in [6.45, 7) is 0. The van der Waals surface area contributed by atoms with Crippen molar-refractivity contribution in [1.29, 1.82) is 0 Å². The van der Waals surface area contributed by atoms with E-state index in [9.17, 15) is 9.90 Å². The molecule has 5 heteroatoms. The minimum atomic E-state index is -0.993. The predicted octanol–water partition coefficient (Wildman–Crippen LogP) is 3.16. The molecule has 3 aliphatic heterocycles. The molecule has 0 saturated carbocycles. The molecule has 2 bridgehead atoms. The molecule has 0 spiro atoms. The van der Waals surface area contributed by atoms with Gasteiger partial charge in [0.2, 0.25) is 0 Å². The van der Waals surface area contributed by atoms with Gasteiger partial charge in [-0.2, -0.15) is 0 Å². The number of aliphatic imine (C=N–C) groups is 1. The Kier molecular flexibility index (Phi) is 3.57. The number of para-hydroxylation sites is 1. The van der Waals surface area contributed by atoms with Crippen molar-refractivity contribution in [3.63, 3.8) is 0 Å². The number of carbonyl (C=O) groups is 1. The van der Waals surface area contributed by atoms with Crippen LogP contribution in [-0.2, 0) is 10.2 Å². The number of rotatable bonds is 2. The second-order valence-electron chi connectivity index (χ2n) is 6.62. The van der Waals surface area contributed by atoms with Gasteiger partial charge >= 0.3 is 5.97 Å². The van der Waals surface area contributed by atoms with Crippen LogP contribution in [0.3, 0.4) is 0 Å². The van der Waals surface area contributed by atoms with Crippen LogP contribution in [0.5, 0.6) is 0 Å². The van der Waals surface area contributed by atoms with Gasteiger partial charge in [-0.25, -0.2) is 0 Å². The third kappa shape index (κ3) is 1.62. The fourth-order valence-corrected chi connectivity index (χ4v) is 4.96. The van der Waals surface area contributed by atoms with Crippen LogP contribution in [0.4, 0.5) is 5.69 Å². The number of carboxylic acids is 1. The van der Waals surface area contributed by atoms with E-state index < -0.39 is 11.4 Å². The predicted molar refractivity (Wildman–Crippen MR) is 88.5 cm³/mol. The quantitative estimate of drug-likeness (QED) is 0.910. The molecular weight excluding hydrogens is 300 g/mol. The molecule has 2 fully saturated rings. The van der Waals surface area contributed by atoms with Gasteiger partial charge < -0.3 is 5.11 Å². The summed E-state index contributed by atoms with van der Waals surface area (Å²) in [5.74, 6) is -0.759. The highest BCUT2D eigenvalue weighted by Gasteiger charge is 2.65. The smallest absolute Gasteiger partial charge is 0.321 e. The first-order valence-corrected chi connectivity index (χ1v) is 7.73. The second-order valence-corrected chi connectivity index (χ2v) is 6.62. The number of hydrogen-bond acceptors (Lipinski definition) is 3. The zero-order valence-electron chi connectivity index (χ0n) is 12.7. The van der Waals surface area contributed by atoms with Crippen molar-refractivity contribution in [1.82, 2.24) is 4.90 Å². The zero-order chi connectivity index (χ0) is 14.7. The summed E-state index contributed by atoms with van der Waals surface area (Å²) in [5, 5.41) is 10.2. The Bertz CT molecular complexity index is 643. The van der Waals surface area contributed by atoms with E-state index in [1.54, 1.807) is 6.21 Å². The van der Waals surface area contributed by atoms with Gasteiger partial charge in [0.25, 0.3) is 0 Å². The molecule has 0 aliphatic carbocycles. The molecule has 0 aromatic heterocycles. The third-order valence-corrected chi connectivity index (χ3v) is 6.04. The summed E-state index contributed by atoms with van der Waals surface area (Å²) < 4.78 is 0. The molecule has 0 amide bonds. The van der Waals surface area contributed by atoms with Gasteiger partial charge in [-0.3, -0.25) is 14.7 Å².